The third-order valence-electron chi connectivity index (χ3n) is 3.66. The molecule has 0 saturated heterocycles. The highest BCUT2D eigenvalue weighted by molar-refractivity contribution is 5.92. The summed E-state index contributed by atoms with van der Waals surface area (Å²) < 4.78 is 16.2. The maximum Gasteiger partial charge on any atom is 0.339 e. The molecule has 0 aliphatic carbocycles. The molecular formula is C16H12O4. The van der Waals surface area contributed by atoms with Crippen molar-refractivity contribution in [3.8, 4) is 11.5 Å². The zero-order valence-corrected chi connectivity index (χ0v) is 10.7. The van der Waals surface area contributed by atoms with Gasteiger partial charge in [-0.2, -0.15) is 0 Å². The van der Waals surface area contributed by atoms with E-state index >= 15 is 0 Å². The Morgan fingerprint density at radius 2 is 1.85 bits per heavy atom. The molecule has 2 heterocycles. The van der Waals surface area contributed by atoms with Gasteiger partial charge in [-0.25, -0.2) is 4.79 Å². The summed E-state index contributed by atoms with van der Waals surface area (Å²) in [4.78, 5) is 12.0. The smallest absolute Gasteiger partial charge is 0.339 e. The average molecular weight is 268 g/mol. The summed E-state index contributed by atoms with van der Waals surface area (Å²) in [5, 5.41) is 0. The van der Waals surface area contributed by atoms with Crippen LogP contribution in [0.3, 0.4) is 0 Å². The molecular weight excluding hydrogens is 256 g/mol. The molecule has 0 aromatic heterocycles. The number of esters is 1. The lowest BCUT2D eigenvalue weighted by Crippen LogP contribution is -2.21. The van der Waals surface area contributed by atoms with Crippen LogP contribution in [0.2, 0.25) is 0 Å². The fraction of sp³-hybridized carbons (Fsp3) is 0.188. The summed E-state index contributed by atoms with van der Waals surface area (Å²) >= 11 is 0. The van der Waals surface area contributed by atoms with Crippen LogP contribution in [0.15, 0.2) is 42.5 Å². The third-order valence-corrected chi connectivity index (χ3v) is 3.66. The predicted octanol–water partition coefficient (Wildman–Crippen LogP) is 2.87. The van der Waals surface area contributed by atoms with E-state index in [0.29, 0.717) is 17.7 Å². The van der Waals surface area contributed by atoms with E-state index in [1.54, 1.807) is 6.07 Å². The summed E-state index contributed by atoms with van der Waals surface area (Å²) in [7, 11) is 0. The van der Waals surface area contributed by atoms with E-state index in [-0.39, 0.29) is 18.9 Å². The standard InChI is InChI=1S/C16H12O4/c17-16-12-4-2-1-3-10(12)7-14(20-16)11-5-6-13-15(8-11)19-9-18-13/h1-6,8,14H,7,9H2. The van der Waals surface area contributed by atoms with Crippen LogP contribution < -0.4 is 9.47 Å². The molecule has 1 unspecified atom stereocenters. The van der Waals surface area contributed by atoms with Crippen LogP contribution in [0.5, 0.6) is 11.5 Å². The second-order valence-electron chi connectivity index (χ2n) is 4.87. The number of hydrogen-bond acceptors (Lipinski definition) is 4. The molecule has 2 aliphatic rings. The molecule has 0 fully saturated rings. The van der Waals surface area contributed by atoms with Crippen LogP contribution in [0, 0.1) is 0 Å². The van der Waals surface area contributed by atoms with Gasteiger partial charge in [0.25, 0.3) is 0 Å². The number of hydrogen-bond donors (Lipinski definition) is 0. The molecule has 4 nitrogen and oxygen atoms in total. The maximum atomic E-state index is 12.0. The van der Waals surface area contributed by atoms with Crippen molar-refractivity contribution < 1.29 is 19.0 Å². The highest BCUT2D eigenvalue weighted by atomic mass is 16.7. The first-order chi connectivity index (χ1) is 9.81. The first kappa shape index (κ1) is 11.3. The Balaban J connectivity index is 1.69. The SMILES string of the molecule is O=C1OC(c2ccc3c(c2)OCO3)Cc2ccccc21. The normalized spacial score (nSPS) is 19.4. The minimum absolute atomic E-state index is 0.242. The number of ether oxygens (including phenoxy) is 3. The van der Waals surface area contributed by atoms with Crippen LogP contribution in [0.1, 0.15) is 27.6 Å². The highest BCUT2D eigenvalue weighted by Gasteiger charge is 2.28. The first-order valence-corrected chi connectivity index (χ1v) is 6.50. The van der Waals surface area contributed by atoms with Crippen molar-refractivity contribution >= 4 is 5.97 Å². The number of carbonyl (C=O) groups excluding carboxylic acids is 1. The van der Waals surface area contributed by atoms with Gasteiger partial charge < -0.3 is 14.2 Å². The van der Waals surface area contributed by atoms with Gasteiger partial charge in [-0.15, -0.1) is 0 Å². The van der Waals surface area contributed by atoms with Crippen LogP contribution in [-0.2, 0) is 11.2 Å². The Morgan fingerprint density at radius 1 is 1.00 bits per heavy atom. The average Bonchev–Trinajstić information content (AvgIpc) is 2.94. The molecule has 0 saturated carbocycles. The van der Waals surface area contributed by atoms with Crippen molar-refractivity contribution in [2.24, 2.45) is 0 Å². The van der Waals surface area contributed by atoms with Crippen LogP contribution in [-0.4, -0.2) is 12.8 Å². The molecule has 4 rings (SSSR count). The van der Waals surface area contributed by atoms with Gasteiger partial charge in [-0.3, -0.25) is 0 Å². The first-order valence-electron chi connectivity index (χ1n) is 6.50. The molecule has 2 aliphatic heterocycles. The van der Waals surface area contributed by atoms with Gasteiger partial charge in [0.2, 0.25) is 6.79 Å². The Bertz CT molecular complexity index is 693. The highest BCUT2D eigenvalue weighted by Crippen LogP contribution is 2.37. The molecule has 0 spiro atoms. The number of carbonyl (C=O) groups is 1. The summed E-state index contributed by atoms with van der Waals surface area (Å²) in [6.07, 6.45) is 0.411. The molecule has 0 radical (unpaired) electrons. The van der Waals surface area contributed by atoms with Crippen molar-refractivity contribution in [3.05, 3.63) is 59.2 Å². The Labute approximate surface area is 115 Å². The molecule has 0 N–H and O–H groups in total. The minimum Gasteiger partial charge on any atom is -0.454 e. The number of cyclic esters (lactones) is 1. The van der Waals surface area contributed by atoms with Gasteiger partial charge in [-0.1, -0.05) is 24.3 Å². The lowest BCUT2D eigenvalue weighted by Gasteiger charge is -2.25. The predicted molar refractivity (Wildman–Crippen MR) is 70.9 cm³/mol. The molecule has 4 heteroatoms. The maximum absolute atomic E-state index is 12.0. The molecule has 20 heavy (non-hydrogen) atoms. The van der Waals surface area contributed by atoms with Gasteiger partial charge in [0.05, 0.1) is 5.56 Å². The van der Waals surface area contributed by atoms with Gasteiger partial charge in [0.15, 0.2) is 11.5 Å². The molecule has 100 valence electrons. The minimum atomic E-state index is -0.271. The summed E-state index contributed by atoms with van der Waals surface area (Å²) in [6, 6.07) is 13.2. The van der Waals surface area contributed by atoms with E-state index in [4.69, 9.17) is 14.2 Å². The second kappa shape index (κ2) is 4.27. The van der Waals surface area contributed by atoms with Crippen molar-refractivity contribution in [1.82, 2.24) is 0 Å². The zero-order chi connectivity index (χ0) is 13.5. The molecule has 0 bridgehead atoms. The number of rotatable bonds is 1. The third kappa shape index (κ3) is 1.72. The summed E-state index contributed by atoms with van der Waals surface area (Å²) in [5.74, 6) is 1.17. The van der Waals surface area contributed by atoms with E-state index in [2.05, 4.69) is 0 Å². The summed E-state index contributed by atoms with van der Waals surface area (Å²) in [6.45, 7) is 0.242. The van der Waals surface area contributed by atoms with Gasteiger partial charge in [-0.05, 0) is 29.3 Å². The fourth-order valence-corrected chi connectivity index (χ4v) is 2.63. The Kier molecular flexibility index (Phi) is 2.42. The Hall–Kier alpha value is -2.49. The summed E-state index contributed by atoms with van der Waals surface area (Å²) in [5.41, 5.74) is 2.60. The lowest BCUT2D eigenvalue weighted by atomic mass is 9.94. The van der Waals surface area contributed by atoms with Crippen molar-refractivity contribution in [3.63, 3.8) is 0 Å². The van der Waals surface area contributed by atoms with Crippen LogP contribution in [0.25, 0.3) is 0 Å². The Morgan fingerprint density at radius 3 is 2.80 bits per heavy atom. The van der Waals surface area contributed by atoms with Gasteiger partial charge in [0.1, 0.15) is 6.10 Å². The molecule has 2 aromatic carbocycles. The molecule has 1 atom stereocenters. The lowest BCUT2D eigenvalue weighted by molar-refractivity contribution is 0.0252. The number of fused-ring (bicyclic) bond motifs is 2. The van der Waals surface area contributed by atoms with Gasteiger partial charge in [0, 0.05) is 6.42 Å². The van der Waals surface area contributed by atoms with E-state index < -0.39 is 0 Å². The van der Waals surface area contributed by atoms with Gasteiger partial charge >= 0.3 is 5.97 Å². The van der Waals surface area contributed by atoms with Crippen molar-refractivity contribution in [2.45, 2.75) is 12.5 Å². The van der Waals surface area contributed by atoms with E-state index in [1.165, 1.54) is 0 Å². The largest absolute Gasteiger partial charge is 0.454 e. The quantitative estimate of drug-likeness (QED) is 0.746. The van der Waals surface area contributed by atoms with E-state index in [0.717, 1.165) is 16.9 Å². The van der Waals surface area contributed by atoms with E-state index in [1.807, 2.05) is 36.4 Å². The van der Waals surface area contributed by atoms with Crippen LogP contribution >= 0.6 is 0 Å². The topological polar surface area (TPSA) is 44.8 Å². The van der Waals surface area contributed by atoms with Crippen LogP contribution in [0.4, 0.5) is 0 Å². The zero-order valence-electron chi connectivity index (χ0n) is 10.7. The monoisotopic (exact) mass is 268 g/mol. The fourth-order valence-electron chi connectivity index (χ4n) is 2.63. The molecule has 0 amide bonds. The molecule has 2 aromatic rings. The second-order valence-corrected chi connectivity index (χ2v) is 4.87. The van der Waals surface area contributed by atoms with E-state index in [9.17, 15) is 4.79 Å². The van der Waals surface area contributed by atoms with Crippen molar-refractivity contribution in [1.29, 1.82) is 0 Å². The van der Waals surface area contributed by atoms with Crippen molar-refractivity contribution in [2.75, 3.05) is 6.79 Å². The number of benzene rings is 2.